The van der Waals surface area contributed by atoms with Crippen molar-refractivity contribution in [2.75, 3.05) is 0 Å². The summed E-state index contributed by atoms with van der Waals surface area (Å²) in [6.07, 6.45) is 1.78. The van der Waals surface area contributed by atoms with E-state index in [1.54, 1.807) is 0 Å². The van der Waals surface area contributed by atoms with Crippen molar-refractivity contribution in [3.8, 4) is 0 Å². The SMILES string of the molecule is CC1(C)C(C2(C(=O)O)CC2)C1(C)C. The fourth-order valence-electron chi connectivity index (χ4n) is 3.34. The molecule has 0 aromatic heterocycles. The van der Waals surface area contributed by atoms with E-state index < -0.39 is 5.97 Å². The molecule has 13 heavy (non-hydrogen) atoms. The molecule has 0 atom stereocenters. The Morgan fingerprint density at radius 2 is 1.54 bits per heavy atom. The van der Waals surface area contributed by atoms with Crippen LogP contribution in [0.1, 0.15) is 40.5 Å². The van der Waals surface area contributed by atoms with Crippen LogP contribution in [0, 0.1) is 22.2 Å². The zero-order chi connectivity index (χ0) is 10.1. The molecule has 2 nitrogen and oxygen atoms in total. The minimum Gasteiger partial charge on any atom is -0.481 e. The Bertz CT molecular complexity index is 258. The Hall–Kier alpha value is -0.530. The average Bonchev–Trinajstić information content (AvgIpc) is 2.74. The standard InChI is InChI=1S/C11H18O2/c1-9(2)7(10(9,3)4)11(5-6-11)8(12)13/h7H,5-6H2,1-4H3,(H,12,13). The molecule has 2 fully saturated rings. The van der Waals surface area contributed by atoms with Gasteiger partial charge in [-0.2, -0.15) is 0 Å². The van der Waals surface area contributed by atoms with Crippen molar-refractivity contribution in [2.45, 2.75) is 40.5 Å². The van der Waals surface area contributed by atoms with Crippen molar-refractivity contribution in [2.24, 2.45) is 22.2 Å². The second-order valence-corrected chi connectivity index (χ2v) is 5.84. The molecule has 0 radical (unpaired) electrons. The first-order valence-corrected chi connectivity index (χ1v) is 5.00. The van der Waals surface area contributed by atoms with Gasteiger partial charge in [0.25, 0.3) is 0 Å². The smallest absolute Gasteiger partial charge is 0.309 e. The van der Waals surface area contributed by atoms with Gasteiger partial charge in [0.1, 0.15) is 0 Å². The van der Waals surface area contributed by atoms with Gasteiger partial charge in [0.15, 0.2) is 0 Å². The summed E-state index contributed by atoms with van der Waals surface area (Å²) in [6.45, 7) is 8.78. The van der Waals surface area contributed by atoms with E-state index in [0.29, 0.717) is 5.92 Å². The van der Waals surface area contributed by atoms with E-state index in [4.69, 9.17) is 0 Å². The van der Waals surface area contributed by atoms with Gasteiger partial charge in [-0.3, -0.25) is 4.79 Å². The number of aliphatic carboxylic acids is 1. The topological polar surface area (TPSA) is 37.3 Å². The molecule has 1 N–H and O–H groups in total. The predicted molar refractivity (Wildman–Crippen MR) is 50.4 cm³/mol. The predicted octanol–water partition coefficient (Wildman–Crippen LogP) is 2.53. The van der Waals surface area contributed by atoms with Crippen molar-refractivity contribution >= 4 is 5.97 Å². The molecule has 2 rings (SSSR count). The molecule has 2 aliphatic carbocycles. The highest BCUT2D eigenvalue weighted by Gasteiger charge is 2.77. The molecule has 0 bridgehead atoms. The Morgan fingerprint density at radius 1 is 1.15 bits per heavy atom. The third-order valence-corrected chi connectivity index (χ3v) is 4.79. The van der Waals surface area contributed by atoms with Gasteiger partial charge in [-0.05, 0) is 29.6 Å². The lowest BCUT2D eigenvalue weighted by Gasteiger charge is -2.11. The van der Waals surface area contributed by atoms with Gasteiger partial charge >= 0.3 is 5.97 Å². The van der Waals surface area contributed by atoms with Gasteiger partial charge in [0, 0.05) is 0 Å². The summed E-state index contributed by atoms with van der Waals surface area (Å²) in [4.78, 5) is 11.1. The summed E-state index contributed by atoms with van der Waals surface area (Å²) in [7, 11) is 0. The van der Waals surface area contributed by atoms with Crippen LogP contribution in [0.2, 0.25) is 0 Å². The van der Waals surface area contributed by atoms with E-state index >= 15 is 0 Å². The Balaban J connectivity index is 2.27. The molecule has 0 amide bonds. The van der Waals surface area contributed by atoms with Crippen molar-refractivity contribution in [3.63, 3.8) is 0 Å². The third-order valence-electron chi connectivity index (χ3n) is 4.79. The first-order chi connectivity index (χ1) is 5.77. The van der Waals surface area contributed by atoms with Crippen LogP contribution in [0.25, 0.3) is 0 Å². The zero-order valence-electron chi connectivity index (χ0n) is 8.85. The normalized spacial score (nSPS) is 32.6. The van der Waals surface area contributed by atoms with Gasteiger partial charge in [-0.1, -0.05) is 27.7 Å². The number of rotatable bonds is 2. The van der Waals surface area contributed by atoms with Crippen LogP contribution in [0.4, 0.5) is 0 Å². The van der Waals surface area contributed by atoms with E-state index in [2.05, 4.69) is 27.7 Å². The fraction of sp³-hybridized carbons (Fsp3) is 0.909. The average molecular weight is 182 g/mol. The number of carboxylic acid groups (broad SMARTS) is 1. The van der Waals surface area contributed by atoms with Crippen LogP contribution < -0.4 is 0 Å². The highest BCUT2D eigenvalue weighted by Crippen LogP contribution is 2.79. The molecule has 0 spiro atoms. The van der Waals surface area contributed by atoms with E-state index in [-0.39, 0.29) is 16.2 Å². The minimum absolute atomic E-state index is 0.210. The summed E-state index contributed by atoms with van der Waals surface area (Å²) < 4.78 is 0. The molecule has 2 saturated carbocycles. The molecule has 0 heterocycles. The van der Waals surface area contributed by atoms with Crippen LogP contribution in [-0.2, 0) is 4.79 Å². The van der Waals surface area contributed by atoms with Crippen LogP contribution in [0.15, 0.2) is 0 Å². The molecule has 0 aliphatic heterocycles. The maximum atomic E-state index is 11.1. The summed E-state index contributed by atoms with van der Waals surface area (Å²) in [5.41, 5.74) is 0.0663. The molecule has 74 valence electrons. The van der Waals surface area contributed by atoms with Crippen molar-refractivity contribution in [3.05, 3.63) is 0 Å². The van der Waals surface area contributed by atoms with Crippen LogP contribution in [-0.4, -0.2) is 11.1 Å². The van der Waals surface area contributed by atoms with Crippen molar-refractivity contribution < 1.29 is 9.90 Å². The first-order valence-electron chi connectivity index (χ1n) is 5.00. The molecular weight excluding hydrogens is 164 g/mol. The Morgan fingerprint density at radius 3 is 1.62 bits per heavy atom. The van der Waals surface area contributed by atoms with Crippen LogP contribution in [0.5, 0.6) is 0 Å². The monoisotopic (exact) mass is 182 g/mol. The highest BCUT2D eigenvalue weighted by atomic mass is 16.4. The lowest BCUT2D eigenvalue weighted by molar-refractivity contribution is -0.144. The summed E-state index contributed by atoms with van der Waals surface area (Å²) in [5.74, 6) is -0.193. The van der Waals surface area contributed by atoms with Gasteiger partial charge < -0.3 is 5.11 Å². The number of carbonyl (C=O) groups is 1. The number of hydrogen-bond acceptors (Lipinski definition) is 1. The fourth-order valence-corrected chi connectivity index (χ4v) is 3.34. The van der Waals surface area contributed by atoms with E-state index in [1.807, 2.05) is 0 Å². The largest absolute Gasteiger partial charge is 0.481 e. The molecule has 0 aromatic rings. The lowest BCUT2D eigenvalue weighted by atomic mass is 9.93. The van der Waals surface area contributed by atoms with Crippen molar-refractivity contribution in [1.82, 2.24) is 0 Å². The third kappa shape index (κ3) is 0.818. The van der Waals surface area contributed by atoms with E-state index in [1.165, 1.54) is 0 Å². The molecule has 0 saturated heterocycles. The molecule has 2 aliphatic rings. The van der Waals surface area contributed by atoms with Gasteiger partial charge in [-0.15, -0.1) is 0 Å². The Kier molecular flexibility index (Phi) is 1.35. The molecular formula is C11H18O2. The van der Waals surface area contributed by atoms with Crippen LogP contribution >= 0.6 is 0 Å². The van der Waals surface area contributed by atoms with Gasteiger partial charge in [-0.25, -0.2) is 0 Å². The quantitative estimate of drug-likeness (QED) is 0.712. The Labute approximate surface area is 79.3 Å². The number of hydrogen-bond donors (Lipinski definition) is 1. The molecule has 2 heteroatoms. The van der Waals surface area contributed by atoms with E-state index in [0.717, 1.165) is 12.8 Å². The minimum atomic E-state index is -0.573. The molecule has 0 aromatic carbocycles. The van der Waals surface area contributed by atoms with Crippen molar-refractivity contribution in [1.29, 1.82) is 0 Å². The van der Waals surface area contributed by atoms with E-state index in [9.17, 15) is 9.90 Å². The highest BCUT2D eigenvalue weighted by molar-refractivity contribution is 5.79. The summed E-state index contributed by atoms with van der Waals surface area (Å²) >= 11 is 0. The first kappa shape index (κ1) is 9.04. The van der Waals surface area contributed by atoms with Crippen LogP contribution in [0.3, 0.4) is 0 Å². The molecule has 0 unspecified atom stereocenters. The maximum Gasteiger partial charge on any atom is 0.309 e. The second kappa shape index (κ2) is 1.94. The second-order valence-electron chi connectivity index (χ2n) is 5.84. The zero-order valence-corrected chi connectivity index (χ0v) is 8.85. The number of carboxylic acids is 1. The van der Waals surface area contributed by atoms with Gasteiger partial charge in [0.05, 0.1) is 5.41 Å². The maximum absolute atomic E-state index is 11.1. The van der Waals surface area contributed by atoms with Gasteiger partial charge in [0.2, 0.25) is 0 Å². The lowest BCUT2D eigenvalue weighted by Crippen LogP contribution is -2.20. The summed E-state index contributed by atoms with van der Waals surface area (Å²) in [5, 5.41) is 9.18. The summed E-state index contributed by atoms with van der Waals surface area (Å²) in [6, 6.07) is 0.